The van der Waals surface area contributed by atoms with Crippen LogP contribution in [0, 0.1) is 17.2 Å². The van der Waals surface area contributed by atoms with E-state index in [1.807, 2.05) is 40.7 Å². The van der Waals surface area contributed by atoms with E-state index in [-0.39, 0.29) is 11.7 Å². The molecule has 0 aliphatic rings. The van der Waals surface area contributed by atoms with Crippen LogP contribution in [-0.4, -0.2) is 40.3 Å². The molecule has 0 aromatic carbocycles. The van der Waals surface area contributed by atoms with Crippen LogP contribution in [0.3, 0.4) is 0 Å². The molecular formula is C15H23N5O2. The van der Waals surface area contributed by atoms with E-state index in [1.165, 1.54) is 18.3 Å². The van der Waals surface area contributed by atoms with Crippen molar-refractivity contribution < 1.29 is 9.53 Å². The van der Waals surface area contributed by atoms with Crippen molar-refractivity contribution in [2.24, 2.45) is 5.92 Å². The van der Waals surface area contributed by atoms with Crippen LogP contribution in [-0.2, 0) is 4.74 Å². The second-order valence-corrected chi connectivity index (χ2v) is 6.28. The highest BCUT2D eigenvalue weighted by molar-refractivity contribution is 5.71. The van der Waals surface area contributed by atoms with E-state index in [9.17, 15) is 4.79 Å². The lowest BCUT2D eigenvalue weighted by Gasteiger charge is -2.43. The van der Waals surface area contributed by atoms with Crippen LogP contribution in [0.2, 0.25) is 0 Å². The Morgan fingerprint density at radius 3 is 2.55 bits per heavy atom. The number of methoxy groups -OCH3 is 1. The van der Waals surface area contributed by atoms with Gasteiger partial charge in [-0.15, -0.1) is 0 Å². The van der Waals surface area contributed by atoms with Crippen molar-refractivity contribution in [3.8, 4) is 6.07 Å². The smallest absolute Gasteiger partial charge is 0.429 e. The number of hydrogen-bond donors (Lipinski definition) is 0. The number of amides is 1. The van der Waals surface area contributed by atoms with Gasteiger partial charge in [0.25, 0.3) is 0 Å². The van der Waals surface area contributed by atoms with Crippen molar-refractivity contribution >= 4 is 11.9 Å². The number of ether oxygens (including phenoxy) is 1. The summed E-state index contributed by atoms with van der Waals surface area (Å²) in [5, 5.41) is 12.2. The number of hydrogen-bond acceptors (Lipinski definition) is 6. The van der Waals surface area contributed by atoms with Crippen LogP contribution in [0.1, 0.15) is 40.4 Å². The van der Waals surface area contributed by atoms with Crippen LogP contribution < -0.4 is 5.01 Å². The maximum Gasteiger partial charge on any atom is 0.429 e. The Morgan fingerprint density at radius 1 is 1.45 bits per heavy atom. The highest BCUT2D eigenvalue weighted by Gasteiger charge is 2.34. The SMILES string of the molecule is COC(=O)N(N(CC(C)C)c1ccnc(C#N)n1)C(C)(C)C. The predicted octanol–water partition coefficient (Wildman–Crippen LogP) is 2.59. The van der Waals surface area contributed by atoms with E-state index in [0.29, 0.717) is 12.4 Å². The monoisotopic (exact) mass is 305 g/mol. The normalized spacial score (nSPS) is 11.0. The zero-order valence-corrected chi connectivity index (χ0v) is 14.0. The Bertz CT molecular complexity index is 560. The molecule has 0 atom stereocenters. The third-order valence-electron chi connectivity index (χ3n) is 2.77. The van der Waals surface area contributed by atoms with Gasteiger partial charge in [0.15, 0.2) is 5.82 Å². The Balaban J connectivity index is 3.36. The van der Waals surface area contributed by atoms with Gasteiger partial charge >= 0.3 is 6.09 Å². The van der Waals surface area contributed by atoms with Gasteiger partial charge in [-0.2, -0.15) is 10.2 Å². The number of anilines is 1. The molecule has 1 heterocycles. The molecule has 0 bridgehead atoms. The minimum atomic E-state index is -0.514. The number of nitrogens with zero attached hydrogens (tertiary/aromatic N) is 5. The fraction of sp³-hybridized carbons (Fsp3) is 0.600. The summed E-state index contributed by atoms with van der Waals surface area (Å²) in [6.07, 6.45) is 1.03. The Morgan fingerprint density at radius 2 is 2.09 bits per heavy atom. The van der Waals surface area contributed by atoms with Crippen LogP contribution >= 0.6 is 0 Å². The number of rotatable bonds is 4. The van der Waals surface area contributed by atoms with Gasteiger partial charge in [0, 0.05) is 18.8 Å². The molecule has 120 valence electrons. The number of aromatic nitrogens is 2. The number of hydrazine groups is 1. The largest absolute Gasteiger partial charge is 0.452 e. The molecule has 0 aliphatic carbocycles. The zero-order chi connectivity index (χ0) is 16.9. The summed E-state index contributed by atoms with van der Waals surface area (Å²) >= 11 is 0. The maximum atomic E-state index is 12.3. The van der Waals surface area contributed by atoms with Crippen molar-refractivity contribution in [1.29, 1.82) is 5.26 Å². The first-order valence-electron chi connectivity index (χ1n) is 7.09. The lowest BCUT2D eigenvalue weighted by molar-refractivity contribution is 0.0734. The lowest BCUT2D eigenvalue weighted by Crippen LogP contribution is -2.57. The quantitative estimate of drug-likeness (QED) is 0.795. The molecule has 0 fully saturated rings. The van der Waals surface area contributed by atoms with Crippen molar-refractivity contribution in [3.63, 3.8) is 0 Å². The highest BCUT2D eigenvalue weighted by Crippen LogP contribution is 2.24. The van der Waals surface area contributed by atoms with Gasteiger partial charge in [0.2, 0.25) is 5.82 Å². The van der Waals surface area contributed by atoms with Gasteiger partial charge in [-0.25, -0.2) is 14.8 Å². The van der Waals surface area contributed by atoms with Gasteiger partial charge in [-0.3, -0.25) is 5.01 Å². The summed E-state index contributed by atoms with van der Waals surface area (Å²) in [5.74, 6) is 0.820. The van der Waals surface area contributed by atoms with Gasteiger partial charge in [0.1, 0.15) is 6.07 Å². The molecule has 0 unspecified atom stereocenters. The zero-order valence-electron chi connectivity index (χ0n) is 14.0. The van der Waals surface area contributed by atoms with E-state index in [0.717, 1.165) is 0 Å². The van der Waals surface area contributed by atoms with Crippen LogP contribution in [0.15, 0.2) is 12.3 Å². The molecule has 7 nitrogen and oxygen atoms in total. The van der Waals surface area contributed by atoms with Gasteiger partial charge in [-0.05, 0) is 26.7 Å². The van der Waals surface area contributed by atoms with Crippen molar-refractivity contribution in [2.75, 3.05) is 18.7 Å². The third kappa shape index (κ3) is 4.32. The fourth-order valence-corrected chi connectivity index (χ4v) is 1.99. The summed E-state index contributed by atoms with van der Waals surface area (Å²) in [5.41, 5.74) is -0.514. The maximum absolute atomic E-state index is 12.3. The summed E-state index contributed by atoms with van der Waals surface area (Å²) in [7, 11) is 1.34. The standard InChI is InChI=1S/C15H23N5O2/c1-11(2)10-19(13-7-8-17-12(9-16)18-13)20(14(21)22-6)15(3,4)5/h7-8,11H,10H2,1-6H3. The molecule has 0 saturated heterocycles. The van der Waals surface area contributed by atoms with Crippen molar-refractivity contribution in [2.45, 2.75) is 40.2 Å². The first kappa shape index (κ1) is 17.7. The number of carbonyl (C=O) groups excluding carboxylic acids is 1. The molecule has 1 rings (SSSR count). The average molecular weight is 305 g/mol. The molecule has 7 heteroatoms. The molecule has 0 spiro atoms. The number of carbonyl (C=O) groups is 1. The predicted molar refractivity (Wildman–Crippen MR) is 82.9 cm³/mol. The number of nitriles is 1. The van der Waals surface area contributed by atoms with E-state index in [2.05, 4.69) is 9.97 Å². The van der Waals surface area contributed by atoms with Crippen molar-refractivity contribution in [3.05, 3.63) is 18.1 Å². The first-order valence-corrected chi connectivity index (χ1v) is 7.09. The van der Waals surface area contributed by atoms with E-state index >= 15 is 0 Å². The molecule has 1 amide bonds. The molecular weight excluding hydrogens is 282 g/mol. The average Bonchev–Trinajstić information content (AvgIpc) is 2.44. The second-order valence-electron chi connectivity index (χ2n) is 6.28. The van der Waals surface area contributed by atoms with Crippen LogP contribution in [0.4, 0.5) is 10.6 Å². The third-order valence-corrected chi connectivity index (χ3v) is 2.77. The Hall–Kier alpha value is -2.36. The van der Waals surface area contributed by atoms with Crippen LogP contribution in [0.25, 0.3) is 0 Å². The Labute approximate surface area is 131 Å². The van der Waals surface area contributed by atoms with E-state index in [1.54, 1.807) is 11.1 Å². The van der Waals surface area contributed by atoms with Gasteiger partial charge in [0.05, 0.1) is 12.6 Å². The van der Waals surface area contributed by atoms with Crippen molar-refractivity contribution in [1.82, 2.24) is 15.0 Å². The second kappa shape index (κ2) is 7.07. The Kier molecular flexibility index (Phi) is 5.69. The summed E-state index contributed by atoms with van der Waals surface area (Å²) in [4.78, 5) is 20.3. The molecule has 0 saturated carbocycles. The van der Waals surface area contributed by atoms with Gasteiger partial charge < -0.3 is 4.74 Å². The minimum absolute atomic E-state index is 0.0602. The van der Waals surface area contributed by atoms with Crippen LogP contribution in [0.5, 0.6) is 0 Å². The minimum Gasteiger partial charge on any atom is -0.452 e. The van der Waals surface area contributed by atoms with Gasteiger partial charge in [-0.1, -0.05) is 13.8 Å². The molecule has 0 radical (unpaired) electrons. The highest BCUT2D eigenvalue weighted by atomic mass is 16.5. The van der Waals surface area contributed by atoms with E-state index in [4.69, 9.17) is 10.00 Å². The summed E-state index contributed by atoms with van der Waals surface area (Å²) in [6, 6.07) is 3.58. The topological polar surface area (TPSA) is 82.4 Å². The first-order chi connectivity index (χ1) is 10.2. The molecule has 0 aliphatic heterocycles. The summed E-state index contributed by atoms with van der Waals surface area (Å²) < 4.78 is 4.92. The molecule has 22 heavy (non-hydrogen) atoms. The molecule has 1 aromatic rings. The van der Waals surface area contributed by atoms with E-state index < -0.39 is 11.6 Å². The fourth-order valence-electron chi connectivity index (χ4n) is 1.99. The molecule has 0 N–H and O–H groups in total. The lowest BCUT2D eigenvalue weighted by atomic mass is 10.1. The molecule has 1 aromatic heterocycles. The summed E-state index contributed by atoms with van der Waals surface area (Å²) in [6.45, 7) is 10.3.